The largest absolute Gasteiger partial charge is 0.479 e. The molecule has 1 unspecified atom stereocenters. The van der Waals surface area contributed by atoms with Gasteiger partial charge in [-0.05, 0) is 20.8 Å². The zero-order valence-electron chi connectivity index (χ0n) is 8.12. The van der Waals surface area contributed by atoms with Gasteiger partial charge < -0.3 is 9.84 Å². The van der Waals surface area contributed by atoms with Crippen LogP contribution in [0.3, 0.4) is 0 Å². The number of hydrogen-bond acceptors (Lipinski definition) is 3. The maximum atomic E-state index is 11.2. The van der Waals surface area contributed by atoms with Crippen molar-refractivity contribution >= 4 is 12.1 Å². The van der Waals surface area contributed by atoms with Crippen LogP contribution >= 0.6 is 0 Å². The van der Waals surface area contributed by atoms with Crippen LogP contribution in [0.25, 0.3) is 0 Å². The van der Waals surface area contributed by atoms with E-state index >= 15 is 0 Å². The fourth-order valence-corrected chi connectivity index (χ4v) is 1.37. The van der Waals surface area contributed by atoms with Crippen LogP contribution in [0.15, 0.2) is 0 Å². The number of carbonyl (C=O) groups excluding carboxylic acids is 1. The first-order valence-electron chi connectivity index (χ1n) is 3.93. The Morgan fingerprint density at radius 2 is 1.92 bits per heavy atom. The van der Waals surface area contributed by atoms with Crippen LogP contribution in [0.4, 0.5) is 4.79 Å². The third kappa shape index (κ3) is 0.993. The van der Waals surface area contributed by atoms with Crippen molar-refractivity contribution in [1.82, 2.24) is 4.90 Å². The number of nitrogens with zero attached hydrogens (tertiary/aromatic N) is 1. The van der Waals surface area contributed by atoms with Gasteiger partial charge in [0.15, 0.2) is 5.54 Å². The summed E-state index contributed by atoms with van der Waals surface area (Å²) in [5.74, 6) is -1.06. The van der Waals surface area contributed by atoms with Crippen molar-refractivity contribution in [3.8, 4) is 0 Å². The van der Waals surface area contributed by atoms with E-state index in [2.05, 4.69) is 0 Å². The van der Waals surface area contributed by atoms with E-state index in [1.165, 1.54) is 14.0 Å². The molecule has 5 nitrogen and oxygen atoms in total. The average molecular weight is 187 g/mol. The van der Waals surface area contributed by atoms with Crippen molar-refractivity contribution in [2.24, 2.45) is 0 Å². The Morgan fingerprint density at radius 3 is 2.08 bits per heavy atom. The Labute approximate surface area is 76.3 Å². The minimum absolute atomic E-state index is 0.602. The molecule has 0 aromatic heterocycles. The average Bonchev–Trinajstić information content (AvgIpc) is 2.12. The van der Waals surface area contributed by atoms with Crippen LogP contribution in [0, 0.1) is 0 Å². The Morgan fingerprint density at radius 1 is 1.46 bits per heavy atom. The van der Waals surface area contributed by atoms with Gasteiger partial charge in [-0.2, -0.15) is 0 Å². The van der Waals surface area contributed by atoms with Gasteiger partial charge in [-0.15, -0.1) is 0 Å². The minimum atomic E-state index is -1.30. The quantitative estimate of drug-likeness (QED) is 0.655. The lowest BCUT2D eigenvalue weighted by Gasteiger charge is -2.33. The van der Waals surface area contributed by atoms with Crippen molar-refractivity contribution in [3.05, 3.63) is 0 Å². The molecule has 1 fully saturated rings. The topological polar surface area (TPSA) is 66.8 Å². The monoisotopic (exact) mass is 187 g/mol. The van der Waals surface area contributed by atoms with E-state index < -0.39 is 23.2 Å². The van der Waals surface area contributed by atoms with E-state index in [4.69, 9.17) is 9.84 Å². The van der Waals surface area contributed by atoms with Crippen molar-refractivity contribution in [2.75, 3.05) is 7.05 Å². The fraction of sp³-hybridized carbons (Fsp3) is 0.750. The Hall–Kier alpha value is -1.26. The molecule has 13 heavy (non-hydrogen) atoms. The van der Waals surface area contributed by atoms with Crippen molar-refractivity contribution in [3.63, 3.8) is 0 Å². The normalized spacial score (nSPS) is 31.7. The lowest BCUT2D eigenvalue weighted by Crippen LogP contribution is -2.57. The van der Waals surface area contributed by atoms with Crippen LogP contribution in [0.1, 0.15) is 20.8 Å². The number of cyclic esters (lactones) is 1. The molecule has 74 valence electrons. The SMILES string of the molecule is CN1C(=O)OC(C)(C)C1(C)C(=O)O. The number of hydrogen-bond donors (Lipinski definition) is 1. The van der Waals surface area contributed by atoms with Crippen LogP contribution in [-0.2, 0) is 9.53 Å². The number of carbonyl (C=O) groups is 2. The van der Waals surface area contributed by atoms with Gasteiger partial charge in [0.2, 0.25) is 0 Å². The van der Waals surface area contributed by atoms with Crippen molar-refractivity contribution in [1.29, 1.82) is 0 Å². The van der Waals surface area contributed by atoms with Crippen molar-refractivity contribution < 1.29 is 19.4 Å². The van der Waals surface area contributed by atoms with Gasteiger partial charge in [0.05, 0.1) is 0 Å². The molecular weight excluding hydrogens is 174 g/mol. The second-order valence-electron chi connectivity index (χ2n) is 3.81. The number of carboxylic acids is 1. The maximum absolute atomic E-state index is 11.2. The summed E-state index contributed by atoms with van der Waals surface area (Å²) in [6, 6.07) is 0. The maximum Gasteiger partial charge on any atom is 0.411 e. The third-order valence-electron chi connectivity index (χ3n) is 2.88. The molecule has 0 radical (unpaired) electrons. The summed E-state index contributed by atoms with van der Waals surface area (Å²) in [7, 11) is 1.42. The van der Waals surface area contributed by atoms with Crippen LogP contribution in [0.2, 0.25) is 0 Å². The van der Waals surface area contributed by atoms with E-state index in [1.807, 2.05) is 0 Å². The molecule has 1 N–H and O–H groups in total. The first-order valence-corrected chi connectivity index (χ1v) is 3.93. The van der Waals surface area contributed by atoms with Crippen LogP contribution in [-0.4, -0.2) is 40.3 Å². The highest BCUT2D eigenvalue weighted by atomic mass is 16.6. The summed E-state index contributed by atoms with van der Waals surface area (Å²) in [5.41, 5.74) is -2.31. The second-order valence-corrected chi connectivity index (χ2v) is 3.81. The lowest BCUT2D eigenvalue weighted by atomic mass is 9.84. The zero-order chi connectivity index (χ0) is 10.4. The molecule has 1 saturated heterocycles. The van der Waals surface area contributed by atoms with Crippen molar-refractivity contribution in [2.45, 2.75) is 31.9 Å². The molecule has 0 spiro atoms. The standard InChI is InChI=1S/C8H13NO4/c1-7(2)8(3,5(10)11)9(4)6(12)13-7/h1-4H3,(H,10,11). The Balaban J connectivity index is 3.20. The number of rotatable bonds is 1. The molecule has 1 amide bonds. The number of amides is 1. The van der Waals surface area contributed by atoms with Crippen LogP contribution in [0.5, 0.6) is 0 Å². The summed E-state index contributed by atoms with van der Waals surface area (Å²) >= 11 is 0. The van der Waals surface area contributed by atoms with Gasteiger partial charge >= 0.3 is 12.1 Å². The predicted octanol–water partition coefficient (Wildman–Crippen LogP) is 0.690. The second kappa shape index (κ2) is 2.37. The summed E-state index contributed by atoms with van der Waals surface area (Å²) in [6.07, 6.45) is -0.602. The summed E-state index contributed by atoms with van der Waals surface area (Å²) in [6.45, 7) is 4.64. The van der Waals surface area contributed by atoms with E-state index in [9.17, 15) is 9.59 Å². The van der Waals surface area contributed by atoms with E-state index in [0.29, 0.717) is 0 Å². The Kier molecular flexibility index (Phi) is 1.79. The number of aliphatic carboxylic acids is 1. The van der Waals surface area contributed by atoms with Gasteiger partial charge in [-0.1, -0.05) is 0 Å². The third-order valence-corrected chi connectivity index (χ3v) is 2.88. The zero-order valence-corrected chi connectivity index (χ0v) is 8.12. The predicted molar refractivity (Wildman–Crippen MR) is 44.4 cm³/mol. The van der Waals surface area contributed by atoms with E-state index in [1.54, 1.807) is 13.8 Å². The van der Waals surface area contributed by atoms with E-state index in [0.717, 1.165) is 4.90 Å². The molecular formula is C8H13NO4. The highest BCUT2D eigenvalue weighted by molar-refractivity contribution is 5.88. The minimum Gasteiger partial charge on any atom is -0.479 e. The molecule has 0 aliphatic carbocycles. The molecule has 1 heterocycles. The fourth-order valence-electron chi connectivity index (χ4n) is 1.37. The highest BCUT2D eigenvalue weighted by Gasteiger charge is 2.61. The molecule has 0 saturated carbocycles. The molecule has 5 heteroatoms. The highest BCUT2D eigenvalue weighted by Crippen LogP contribution is 2.37. The number of carboxylic acid groups (broad SMARTS) is 1. The first-order chi connectivity index (χ1) is 5.73. The van der Waals surface area contributed by atoms with Gasteiger partial charge in [0, 0.05) is 7.05 Å². The molecule has 0 bridgehead atoms. The summed E-state index contributed by atoms with van der Waals surface area (Å²) in [5, 5.41) is 9.02. The summed E-state index contributed by atoms with van der Waals surface area (Å²) < 4.78 is 4.94. The number of ether oxygens (including phenoxy) is 1. The molecule has 0 aromatic rings. The first kappa shape index (κ1) is 9.83. The van der Waals surface area contributed by atoms with Gasteiger partial charge in [-0.25, -0.2) is 9.59 Å². The molecule has 1 aliphatic heterocycles. The number of likely N-dealkylation sites (N-methyl/N-ethyl adjacent to an activating group) is 1. The van der Waals surface area contributed by atoms with Gasteiger partial charge in [0.1, 0.15) is 5.60 Å². The molecule has 1 rings (SSSR count). The van der Waals surface area contributed by atoms with Crippen LogP contribution < -0.4 is 0 Å². The lowest BCUT2D eigenvalue weighted by molar-refractivity contribution is -0.152. The summed E-state index contributed by atoms with van der Waals surface area (Å²) in [4.78, 5) is 23.3. The molecule has 1 atom stereocenters. The van der Waals surface area contributed by atoms with Gasteiger partial charge in [-0.3, -0.25) is 4.90 Å². The molecule has 1 aliphatic rings. The Bertz CT molecular complexity index is 273. The smallest absolute Gasteiger partial charge is 0.411 e. The molecule has 0 aromatic carbocycles. The van der Waals surface area contributed by atoms with Gasteiger partial charge in [0.25, 0.3) is 0 Å². The van der Waals surface area contributed by atoms with E-state index in [-0.39, 0.29) is 0 Å².